The molecule has 0 aromatic heterocycles. The maximum Gasteiger partial charge on any atom is 0.240 e. The van der Waals surface area contributed by atoms with Crippen LogP contribution < -0.4 is 9.46 Å². The smallest absolute Gasteiger partial charge is 0.240 e. The van der Waals surface area contributed by atoms with Crippen molar-refractivity contribution in [3.8, 4) is 5.75 Å². The summed E-state index contributed by atoms with van der Waals surface area (Å²) in [5.74, 6) is 0.996. The van der Waals surface area contributed by atoms with E-state index in [2.05, 4.69) is 4.72 Å². The van der Waals surface area contributed by atoms with Crippen molar-refractivity contribution in [3.63, 3.8) is 0 Å². The zero-order valence-corrected chi connectivity index (χ0v) is 16.4. The van der Waals surface area contributed by atoms with E-state index >= 15 is 0 Å². The number of aryl methyl sites for hydroxylation is 1. The number of sulfonamides is 1. The van der Waals surface area contributed by atoms with Gasteiger partial charge < -0.3 is 4.74 Å². The van der Waals surface area contributed by atoms with Crippen molar-refractivity contribution < 1.29 is 13.2 Å². The van der Waals surface area contributed by atoms with Crippen LogP contribution in [0.4, 0.5) is 0 Å². The quantitative estimate of drug-likeness (QED) is 0.804. The van der Waals surface area contributed by atoms with Crippen LogP contribution in [0.15, 0.2) is 47.4 Å². The van der Waals surface area contributed by atoms with Crippen molar-refractivity contribution in [3.05, 3.63) is 59.2 Å². The molecule has 0 heterocycles. The SMILES string of the molecule is COc1cc(C)c(S(=O)(=O)NCC(C)c2ccccc2)cc1C(C)C. The lowest BCUT2D eigenvalue weighted by molar-refractivity contribution is 0.406. The zero-order valence-electron chi connectivity index (χ0n) is 15.5. The summed E-state index contributed by atoms with van der Waals surface area (Å²) >= 11 is 0. The first-order chi connectivity index (χ1) is 11.8. The Morgan fingerprint density at radius 3 is 2.28 bits per heavy atom. The third kappa shape index (κ3) is 4.61. The van der Waals surface area contributed by atoms with Gasteiger partial charge in [0.05, 0.1) is 12.0 Å². The third-order valence-electron chi connectivity index (χ3n) is 4.39. The molecule has 0 saturated heterocycles. The van der Waals surface area contributed by atoms with E-state index in [0.717, 1.165) is 16.9 Å². The van der Waals surface area contributed by atoms with Crippen LogP contribution in [0.3, 0.4) is 0 Å². The molecule has 2 aromatic carbocycles. The lowest BCUT2D eigenvalue weighted by atomic mass is 10.0. The molecule has 2 aromatic rings. The fraction of sp³-hybridized carbons (Fsp3) is 0.400. The van der Waals surface area contributed by atoms with E-state index in [0.29, 0.717) is 17.0 Å². The van der Waals surface area contributed by atoms with Crippen molar-refractivity contribution in [1.82, 2.24) is 4.72 Å². The summed E-state index contributed by atoms with van der Waals surface area (Å²) in [6.07, 6.45) is 0. The predicted molar refractivity (Wildman–Crippen MR) is 102 cm³/mol. The van der Waals surface area contributed by atoms with E-state index in [1.54, 1.807) is 26.2 Å². The molecule has 136 valence electrons. The molecule has 0 aliphatic heterocycles. The van der Waals surface area contributed by atoms with Gasteiger partial charge in [-0.15, -0.1) is 0 Å². The van der Waals surface area contributed by atoms with E-state index in [1.165, 1.54) is 0 Å². The lowest BCUT2D eigenvalue weighted by Crippen LogP contribution is -2.28. The van der Waals surface area contributed by atoms with Crippen LogP contribution in [0.5, 0.6) is 5.75 Å². The molecule has 2 rings (SSSR count). The summed E-state index contributed by atoms with van der Waals surface area (Å²) in [6, 6.07) is 13.4. The Kier molecular flexibility index (Phi) is 6.25. The topological polar surface area (TPSA) is 55.4 Å². The monoisotopic (exact) mass is 361 g/mol. The molecule has 5 heteroatoms. The van der Waals surface area contributed by atoms with Crippen molar-refractivity contribution in [1.29, 1.82) is 0 Å². The first-order valence-electron chi connectivity index (χ1n) is 8.49. The normalized spacial score (nSPS) is 13.0. The Labute approximate surface area is 151 Å². The van der Waals surface area contributed by atoms with Crippen molar-refractivity contribution in [2.24, 2.45) is 0 Å². The fourth-order valence-corrected chi connectivity index (χ4v) is 4.20. The maximum atomic E-state index is 12.8. The minimum atomic E-state index is -3.58. The molecular weight excluding hydrogens is 334 g/mol. The molecule has 0 spiro atoms. The van der Waals surface area contributed by atoms with Crippen LogP contribution in [0.25, 0.3) is 0 Å². The Morgan fingerprint density at radius 1 is 1.08 bits per heavy atom. The molecular formula is C20H27NO3S. The van der Waals surface area contributed by atoms with Crippen molar-refractivity contribution in [2.45, 2.75) is 44.4 Å². The second kappa shape index (κ2) is 8.02. The molecule has 0 saturated carbocycles. The number of methoxy groups -OCH3 is 1. The van der Waals surface area contributed by atoms with Crippen LogP contribution in [0.2, 0.25) is 0 Å². The Balaban J connectivity index is 2.26. The maximum absolute atomic E-state index is 12.8. The summed E-state index contributed by atoms with van der Waals surface area (Å²) in [6.45, 7) is 8.21. The molecule has 1 unspecified atom stereocenters. The van der Waals surface area contributed by atoms with Gasteiger partial charge >= 0.3 is 0 Å². The van der Waals surface area contributed by atoms with Crippen LogP contribution in [-0.2, 0) is 10.0 Å². The summed E-state index contributed by atoms with van der Waals surface area (Å²) < 4.78 is 33.8. The summed E-state index contributed by atoms with van der Waals surface area (Å²) in [5.41, 5.74) is 2.69. The third-order valence-corrected chi connectivity index (χ3v) is 5.95. The molecule has 0 aliphatic carbocycles. The minimum Gasteiger partial charge on any atom is -0.496 e. The largest absolute Gasteiger partial charge is 0.496 e. The van der Waals surface area contributed by atoms with Gasteiger partial charge in [0, 0.05) is 6.54 Å². The number of rotatable bonds is 7. The van der Waals surface area contributed by atoms with E-state index in [9.17, 15) is 8.42 Å². The molecule has 0 amide bonds. The molecule has 1 N–H and O–H groups in total. The number of ether oxygens (including phenoxy) is 1. The van der Waals surface area contributed by atoms with Crippen LogP contribution >= 0.6 is 0 Å². The van der Waals surface area contributed by atoms with Gasteiger partial charge in [-0.05, 0) is 47.6 Å². The second-order valence-corrected chi connectivity index (χ2v) is 8.41. The van der Waals surface area contributed by atoms with E-state index in [4.69, 9.17) is 4.74 Å². The number of benzene rings is 2. The zero-order chi connectivity index (χ0) is 18.6. The first-order valence-corrected chi connectivity index (χ1v) is 9.97. The van der Waals surface area contributed by atoms with Crippen molar-refractivity contribution in [2.75, 3.05) is 13.7 Å². The Hall–Kier alpha value is -1.85. The number of hydrogen-bond donors (Lipinski definition) is 1. The van der Waals surface area contributed by atoms with Crippen LogP contribution in [0.1, 0.15) is 49.3 Å². The highest BCUT2D eigenvalue weighted by Crippen LogP contribution is 2.31. The highest BCUT2D eigenvalue weighted by atomic mass is 32.2. The van der Waals surface area contributed by atoms with Crippen molar-refractivity contribution >= 4 is 10.0 Å². The Bertz CT molecular complexity index is 814. The lowest BCUT2D eigenvalue weighted by Gasteiger charge is -2.18. The average molecular weight is 362 g/mol. The first kappa shape index (κ1) is 19.5. The van der Waals surface area contributed by atoms with E-state index < -0.39 is 10.0 Å². The Morgan fingerprint density at radius 2 is 1.72 bits per heavy atom. The minimum absolute atomic E-state index is 0.0964. The average Bonchev–Trinajstić information content (AvgIpc) is 2.59. The van der Waals surface area contributed by atoms with Gasteiger partial charge in [0.2, 0.25) is 10.0 Å². The summed E-state index contributed by atoms with van der Waals surface area (Å²) in [5, 5.41) is 0. The van der Waals surface area contributed by atoms with Gasteiger partial charge in [-0.3, -0.25) is 0 Å². The molecule has 0 radical (unpaired) electrons. The molecule has 25 heavy (non-hydrogen) atoms. The molecule has 1 atom stereocenters. The van der Waals surface area contributed by atoms with E-state index in [-0.39, 0.29) is 11.8 Å². The van der Waals surface area contributed by atoms with Gasteiger partial charge in [0.25, 0.3) is 0 Å². The predicted octanol–water partition coefficient (Wildman–Crippen LogP) is 4.21. The van der Waals surface area contributed by atoms with Gasteiger partial charge in [-0.25, -0.2) is 13.1 Å². The number of hydrogen-bond acceptors (Lipinski definition) is 3. The van der Waals surface area contributed by atoms with Gasteiger partial charge in [-0.1, -0.05) is 51.1 Å². The van der Waals surface area contributed by atoms with Crippen LogP contribution in [-0.4, -0.2) is 22.1 Å². The van der Waals surface area contributed by atoms with E-state index in [1.807, 2.05) is 51.1 Å². The highest BCUT2D eigenvalue weighted by Gasteiger charge is 2.21. The van der Waals surface area contributed by atoms with Gasteiger partial charge in [-0.2, -0.15) is 0 Å². The summed E-state index contributed by atoms with van der Waals surface area (Å²) in [4.78, 5) is 0.317. The standard InChI is InChI=1S/C20H27NO3S/c1-14(2)18-12-20(15(3)11-19(18)24-5)25(22,23)21-13-16(4)17-9-7-6-8-10-17/h6-12,14,16,21H,13H2,1-5H3. The fourth-order valence-electron chi connectivity index (χ4n) is 2.81. The van der Waals surface area contributed by atoms with Crippen LogP contribution in [0, 0.1) is 6.92 Å². The molecule has 4 nitrogen and oxygen atoms in total. The second-order valence-electron chi connectivity index (χ2n) is 6.68. The highest BCUT2D eigenvalue weighted by molar-refractivity contribution is 7.89. The van der Waals surface area contributed by atoms with Gasteiger partial charge in [0.15, 0.2) is 0 Å². The van der Waals surface area contributed by atoms with Gasteiger partial charge in [0.1, 0.15) is 5.75 Å². The number of nitrogens with one attached hydrogen (secondary N) is 1. The molecule has 0 bridgehead atoms. The summed E-state index contributed by atoms with van der Waals surface area (Å²) in [7, 11) is -1.97. The molecule has 0 fully saturated rings. The molecule has 0 aliphatic rings.